The van der Waals surface area contributed by atoms with Crippen LogP contribution in [-0.4, -0.2) is 56.9 Å². The van der Waals surface area contributed by atoms with Crippen LogP contribution in [0, 0.1) is 11.7 Å². The van der Waals surface area contributed by atoms with Crippen molar-refractivity contribution in [3.63, 3.8) is 0 Å². The van der Waals surface area contributed by atoms with Gasteiger partial charge in [0.25, 0.3) is 0 Å². The summed E-state index contributed by atoms with van der Waals surface area (Å²) < 4.78 is 60.0. The molecule has 0 spiro atoms. The second-order valence-corrected chi connectivity index (χ2v) is 10.9. The average molecular weight is 443 g/mol. The van der Waals surface area contributed by atoms with Crippen molar-refractivity contribution in [2.75, 3.05) is 32.4 Å². The van der Waals surface area contributed by atoms with Crippen LogP contribution in [0.4, 0.5) is 8.78 Å². The van der Waals surface area contributed by atoms with Gasteiger partial charge < -0.3 is 10.1 Å². The van der Waals surface area contributed by atoms with E-state index in [9.17, 15) is 17.2 Å². The monoisotopic (exact) mass is 442 g/mol. The van der Waals surface area contributed by atoms with Crippen molar-refractivity contribution < 1.29 is 21.9 Å². The van der Waals surface area contributed by atoms with E-state index < -0.39 is 21.5 Å². The molecule has 5 nitrogen and oxygen atoms in total. The van der Waals surface area contributed by atoms with Crippen molar-refractivity contribution in [1.82, 2.24) is 9.62 Å². The highest BCUT2D eigenvalue weighted by molar-refractivity contribution is 7.88. The molecule has 0 aliphatic carbocycles. The van der Waals surface area contributed by atoms with E-state index in [4.69, 9.17) is 4.74 Å². The van der Waals surface area contributed by atoms with E-state index in [1.165, 1.54) is 30.5 Å². The predicted molar refractivity (Wildman–Crippen MR) is 115 cm³/mol. The fourth-order valence-corrected chi connectivity index (χ4v) is 4.94. The third-order valence-electron chi connectivity index (χ3n) is 5.82. The molecule has 1 fully saturated rings. The van der Waals surface area contributed by atoms with Gasteiger partial charge in [-0.1, -0.05) is 12.1 Å². The Labute approximate surface area is 178 Å². The maximum absolute atomic E-state index is 14.9. The number of piperidine rings is 1. The zero-order valence-electron chi connectivity index (χ0n) is 18.0. The maximum atomic E-state index is 14.9. The van der Waals surface area contributed by atoms with Crippen molar-refractivity contribution in [3.05, 3.63) is 35.7 Å². The Morgan fingerprint density at radius 2 is 2.00 bits per heavy atom. The fourth-order valence-electron chi connectivity index (χ4n) is 4.17. The predicted octanol–water partition coefficient (Wildman–Crippen LogP) is 3.76. The van der Waals surface area contributed by atoms with Crippen LogP contribution in [0.2, 0.25) is 0 Å². The Balaban J connectivity index is 1.74. The van der Waals surface area contributed by atoms with E-state index in [1.807, 2.05) is 6.08 Å². The fraction of sp³-hybridized carbons (Fsp3) is 0.636. The summed E-state index contributed by atoms with van der Waals surface area (Å²) in [4.78, 5) is 0. The van der Waals surface area contributed by atoms with Gasteiger partial charge in [-0.3, -0.25) is 0 Å². The molecule has 168 valence electrons. The van der Waals surface area contributed by atoms with Crippen LogP contribution < -0.4 is 10.1 Å². The summed E-state index contributed by atoms with van der Waals surface area (Å²) in [6.07, 6.45) is 5.13. The van der Waals surface area contributed by atoms with Gasteiger partial charge in [0, 0.05) is 19.5 Å². The smallest absolute Gasteiger partial charge is 0.211 e. The summed E-state index contributed by atoms with van der Waals surface area (Å²) >= 11 is 0. The zero-order valence-corrected chi connectivity index (χ0v) is 18.8. The van der Waals surface area contributed by atoms with Gasteiger partial charge in [-0.25, -0.2) is 17.2 Å². The second kappa shape index (κ2) is 9.32. The molecule has 1 unspecified atom stereocenters. The van der Waals surface area contributed by atoms with Crippen LogP contribution in [0.25, 0.3) is 5.57 Å². The van der Waals surface area contributed by atoms with Gasteiger partial charge in [0.15, 0.2) is 11.6 Å². The van der Waals surface area contributed by atoms with Crippen molar-refractivity contribution in [1.29, 1.82) is 0 Å². The van der Waals surface area contributed by atoms with Crippen LogP contribution in [0.3, 0.4) is 0 Å². The molecule has 1 saturated heterocycles. The lowest BCUT2D eigenvalue weighted by Crippen LogP contribution is -2.39. The highest BCUT2D eigenvalue weighted by Gasteiger charge is 2.32. The molecule has 2 aliphatic rings. The van der Waals surface area contributed by atoms with Crippen LogP contribution in [0.1, 0.15) is 45.1 Å². The lowest BCUT2D eigenvalue weighted by Gasteiger charge is -2.33. The van der Waals surface area contributed by atoms with Crippen molar-refractivity contribution >= 4 is 15.6 Å². The van der Waals surface area contributed by atoms with Crippen molar-refractivity contribution in [3.8, 4) is 5.75 Å². The summed E-state index contributed by atoms with van der Waals surface area (Å²) in [5.41, 5.74) is 0.238. The molecule has 1 aromatic carbocycles. The number of hydrogen-bond donors (Lipinski definition) is 1. The first-order chi connectivity index (χ1) is 14.0. The largest absolute Gasteiger partial charge is 0.487 e. The number of sulfonamides is 1. The minimum absolute atomic E-state index is 0.140. The molecule has 8 heteroatoms. The van der Waals surface area contributed by atoms with E-state index >= 15 is 0 Å². The van der Waals surface area contributed by atoms with Crippen molar-refractivity contribution in [2.45, 2.75) is 51.3 Å². The number of benzene rings is 1. The number of ether oxygens (including phenoxy) is 1. The summed E-state index contributed by atoms with van der Waals surface area (Å²) in [5, 5.41) is 3.29. The van der Waals surface area contributed by atoms with E-state index in [2.05, 4.69) is 5.32 Å². The minimum Gasteiger partial charge on any atom is -0.487 e. The molecule has 2 heterocycles. The van der Waals surface area contributed by atoms with Gasteiger partial charge in [-0.2, -0.15) is 4.31 Å². The number of rotatable bonds is 7. The molecule has 0 bridgehead atoms. The van der Waals surface area contributed by atoms with Crippen molar-refractivity contribution in [2.24, 2.45) is 5.92 Å². The molecule has 0 amide bonds. The molecular formula is C22H32F2N2O3S. The standard InChI is InChI=1S/C22H32F2N2O3S/c1-22(2,24)15-21(17-6-10-25-11-7-17)29-20-5-4-18(14-19(20)23)16-8-12-26(13-9-16)30(3,27)28/h4-5,8,14,17,21,25H,6-7,9-13,15H2,1-3H3. The van der Waals surface area contributed by atoms with Crippen LogP contribution in [0.15, 0.2) is 24.3 Å². The molecule has 0 radical (unpaired) electrons. The van der Waals surface area contributed by atoms with Gasteiger partial charge >= 0.3 is 0 Å². The lowest BCUT2D eigenvalue weighted by molar-refractivity contribution is 0.0480. The van der Waals surface area contributed by atoms with Crippen LogP contribution in [-0.2, 0) is 10.0 Å². The normalized spacial score (nSPS) is 20.6. The quantitative estimate of drug-likeness (QED) is 0.699. The summed E-state index contributed by atoms with van der Waals surface area (Å²) in [5.74, 6) is -0.154. The molecule has 1 aromatic rings. The SMILES string of the molecule is CC(C)(F)CC(Oc1ccc(C2=CCN(S(C)(=O)=O)CC2)cc1F)C1CCNCC1. The molecule has 30 heavy (non-hydrogen) atoms. The Morgan fingerprint density at radius 3 is 2.53 bits per heavy atom. The first-order valence-electron chi connectivity index (χ1n) is 10.5. The minimum atomic E-state index is -3.23. The molecule has 1 N–H and O–H groups in total. The highest BCUT2D eigenvalue weighted by Crippen LogP contribution is 2.32. The number of halogens is 2. The third-order valence-corrected chi connectivity index (χ3v) is 7.09. The average Bonchev–Trinajstić information content (AvgIpc) is 2.68. The van der Waals surface area contributed by atoms with Gasteiger partial charge in [0.05, 0.1) is 6.26 Å². The van der Waals surface area contributed by atoms with Gasteiger partial charge in [0.2, 0.25) is 10.0 Å². The molecular weight excluding hydrogens is 410 g/mol. The number of alkyl halides is 1. The zero-order chi connectivity index (χ0) is 21.9. The first kappa shape index (κ1) is 23.2. The lowest BCUT2D eigenvalue weighted by atomic mass is 9.86. The summed E-state index contributed by atoms with van der Waals surface area (Å²) in [6, 6.07) is 4.82. The highest BCUT2D eigenvalue weighted by atomic mass is 32.2. The Kier molecular flexibility index (Phi) is 7.20. The third kappa shape index (κ3) is 6.25. The first-order valence-corrected chi connectivity index (χ1v) is 12.4. The summed E-state index contributed by atoms with van der Waals surface area (Å²) in [6.45, 7) is 5.44. The van der Waals surface area contributed by atoms with Gasteiger partial charge in [0.1, 0.15) is 11.8 Å². The van der Waals surface area contributed by atoms with Gasteiger partial charge in [-0.15, -0.1) is 0 Å². The Morgan fingerprint density at radius 1 is 1.30 bits per heavy atom. The van der Waals surface area contributed by atoms with E-state index in [0.29, 0.717) is 13.0 Å². The number of nitrogens with zero attached hydrogens (tertiary/aromatic N) is 1. The topological polar surface area (TPSA) is 58.6 Å². The molecule has 1 atom stereocenters. The van der Waals surface area contributed by atoms with Crippen LogP contribution in [0.5, 0.6) is 5.75 Å². The molecule has 0 aromatic heterocycles. The number of hydrogen-bond acceptors (Lipinski definition) is 4. The molecule has 3 rings (SSSR count). The number of nitrogens with one attached hydrogen (secondary N) is 1. The van der Waals surface area contributed by atoms with E-state index in [-0.39, 0.29) is 30.7 Å². The van der Waals surface area contributed by atoms with E-state index in [1.54, 1.807) is 12.1 Å². The molecule has 2 aliphatic heterocycles. The Bertz CT molecular complexity index is 875. The van der Waals surface area contributed by atoms with E-state index in [0.717, 1.165) is 37.1 Å². The molecule has 0 saturated carbocycles. The summed E-state index contributed by atoms with van der Waals surface area (Å²) in [7, 11) is -3.23. The maximum Gasteiger partial charge on any atom is 0.211 e. The van der Waals surface area contributed by atoms with Crippen LogP contribution >= 0.6 is 0 Å². The van der Waals surface area contributed by atoms with Gasteiger partial charge in [-0.05, 0) is 75.4 Å². The second-order valence-electron chi connectivity index (χ2n) is 8.91. The Hall–Kier alpha value is -1.51.